The molecule has 1 rings (SSSR count). The highest BCUT2D eigenvalue weighted by molar-refractivity contribution is 5.88. The average Bonchev–Trinajstić information content (AvgIpc) is 2.54. The second kappa shape index (κ2) is 5.64. The molecule has 4 nitrogen and oxygen atoms in total. The molecule has 1 saturated heterocycles. The molecule has 0 saturated carbocycles. The second-order valence-electron chi connectivity index (χ2n) is 4.45. The summed E-state index contributed by atoms with van der Waals surface area (Å²) in [7, 11) is 0. The molecule has 0 aromatic rings. The van der Waals surface area contributed by atoms with E-state index in [0.29, 0.717) is 19.8 Å². The lowest BCUT2D eigenvalue weighted by Crippen LogP contribution is -2.43. The van der Waals surface area contributed by atoms with Gasteiger partial charge in [-0.3, -0.25) is 10.1 Å². The van der Waals surface area contributed by atoms with Gasteiger partial charge in [0, 0.05) is 13.2 Å². The highest BCUT2D eigenvalue weighted by atomic mass is 16.5. The molecular formula is C12H24N2O2. The molecule has 1 aliphatic heterocycles. The van der Waals surface area contributed by atoms with Gasteiger partial charge in [-0.05, 0) is 26.7 Å². The van der Waals surface area contributed by atoms with Crippen molar-refractivity contribution in [2.24, 2.45) is 0 Å². The Morgan fingerprint density at radius 2 is 2.12 bits per heavy atom. The van der Waals surface area contributed by atoms with Gasteiger partial charge in [0.15, 0.2) is 0 Å². The van der Waals surface area contributed by atoms with Gasteiger partial charge in [-0.2, -0.15) is 0 Å². The van der Waals surface area contributed by atoms with E-state index in [1.165, 1.54) is 0 Å². The van der Waals surface area contributed by atoms with Crippen LogP contribution in [0, 0.1) is 0 Å². The molecular weight excluding hydrogens is 204 g/mol. The number of carbonyl (C=O) groups excluding carboxylic acids is 1. The Morgan fingerprint density at radius 1 is 1.44 bits per heavy atom. The summed E-state index contributed by atoms with van der Waals surface area (Å²) >= 11 is 0. The Kier molecular flexibility index (Phi) is 4.74. The third-order valence-electron chi connectivity index (χ3n) is 3.37. The van der Waals surface area contributed by atoms with Crippen LogP contribution in [0.15, 0.2) is 0 Å². The maximum atomic E-state index is 12.2. The van der Waals surface area contributed by atoms with Crippen molar-refractivity contribution in [1.82, 2.24) is 10.2 Å². The number of nitrogens with one attached hydrogen (secondary N) is 1. The van der Waals surface area contributed by atoms with E-state index >= 15 is 0 Å². The summed E-state index contributed by atoms with van der Waals surface area (Å²) in [6.07, 6.45) is 1.93. The van der Waals surface area contributed by atoms with Gasteiger partial charge >= 0.3 is 0 Å². The van der Waals surface area contributed by atoms with E-state index in [9.17, 15) is 4.79 Å². The van der Waals surface area contributed by atoms with Crippen molar-refractivity contribution in [3.8, 4) is 0 Å². The summed E-state index contributed by atoms with van der Waals surface area (Å²) in [6.45, 7) is 10.1. The summed E-state index contributed by atoms with van der Waals surface area (Å²) in [5.74, 6) is 0.210. The molecule has 0 spiro atoms. The maximum Gasteiger partial charge on any atom is 0.243 e. The monoisotopic (exact) mass is 228 g/mol. The predicted molar refractivity (Wildman–Crippen MR) is 64.1 cm³/mol. The van der Waals surface area contributed by atoms with Gasteiger partial charge in [-0.15, -0.1) is 0 Å². The zero-order valence-corrected chi connectivity index (χ0v) is 10.9. The van der Waals surface area contributed by atoms with Crippen molar-refractivity contribution >= 4 is 5.91 Å². The van der Waals surface area contributed by atoms with Crippen molar-refractivity contribution < 1.29 is 9.53 Å². The zero-order valence-electron chi connectivity index (χ0n) is 10.9. The topological polar surface area (TPSA) is 41.6 Å². The van der Waals surface area contributed by atoms with E-state index in [4.69, 9.17) is 4.74 Å². The van der Waals surface area contributed by atoms with Crippen molar-refractivity contribution in [2.45, 2.75) is 52.2 Å². The first kappa shape index (κ1) is 13.5. The van der Waals surface area contributed by atoms with E-state index in [0.717, 1.165) is 12.8 Å². The molecule has 1 amide bonds. The lowest BCUT2D eigenvalue weighted by atomic mass is 9.99. The van der Waals surface area contributed by atoms with Crippen LogP contribution >= 0.6 is 0 Å². The van der Waals surface area contributed by atoms with Crippen LogP contribution in [0.2, 0.25) is 0 Å². The highest BCUT2D eigenvalue weighted by Crippen LogP contribution is 2.24. The fourth-order valence-corrected chi connectivity index (χ4v) is 2.11. The van der Waals surface area contributed by atoms with Crippen LogP contribution in [0.5, 0.6) is 0 Å². The van der Waals surface area contributed by atoms with Gasteiger partial charge in [0.1, 0.15) is 0 Å². The minimum Gasteiger partial charge on any atom is -0.380 e. The van der Waals surface area contributed by atoms with E-state index in [1.807, 2.05) is 25.7 Å². The van der Waals surface area contributed by atoms with Crippen LogP contribution in [0.4, 0.5) is 0 Å². The van der Waals surface area contributed by atoms with Crippen LogP contribution in [-0.2, 0) is 9.53 Å². The van der Waals surface area contributed by atoms with Crippen molar-refractivity contribution in [1.29, 1.82) is 0 Å². The maximum absolute atomic E-state index is 12.2. The largest absolute Gasteiger partial charge is 0.380 e. The summed E-state index contributed by atoms with van der Waals surface area (Å²) in [5, 5.41) is 3.41. The summed E-state index contributed by atoms with van der Waals surface area (Å²) < 4.78 is 5.32. The fourth-order valence-electron chi connectivity index (χ4n) is 2.11. The predicted octanol–water partition coefficient (Wildman–Crippen LogP) is 1.36. The van der Waals surface area contributed by atoms with E-state index in [-0.39, 0.29) is 17.6 Å². The number of hydrogen-bond donors (Lipinski definition) is 1. The van der Waals surface area contributed by atoms with Crippen LogP contribution in [-0.4, -0.2) is 42.3 Å². The van der Waals surface area contributed by atoms with Crippen molar-refractivity contribution in [2.75, 3.05) is 19.8 Å². The number of hydrogen-bond acceptors (Lipinski definition) is 3. The number of amides is 1. The lowest BCUT2D eigenvalue weighted by molar-refractivity contribution is -0.133. The van der Waals surface area contributed by atoms with Gasteiger partial charge in [0.05, 0.1) is 18.3 Å². The normalized spacial score (nSPS) is 30.1. The standard InChI is InChI=1S/C12H24N2O2/c1-5-10-13-12(4,6-2)11(15)14(10)8-9-16-7-3/h10,13H,5-9H2,1-4H3. The van der Waals surface area contributed by atoms with E-state index in [2.05, 4.69) is 12.2 Å². The van der Waals surface area contributed by atoms with E-state index < -0.39 is 0 Å². The molecule has 1 aliphatic rings. The van der Waals surface area contributed by atoms with E-state index in [1.54, 1.807) is 0 Å². The molecule has 1 heterocycles. The molecule has 1 N–H and O–H groups in total. The highest BCUT2D eigenvalue weighted by Gasteiger charge is 2.45. The first-order valence-electron chi connectivity index (χ1n) is 6.25. The molecule has 0 aromatic carbocycles. The molecule has 4 heteroatoms. The molecule has 0 aliphatic carbocycles. The third-order valence-corrected chi connectivity index (χ3v) is 3.37. The second-order valence-corrected chi connectivity index (χ2v) is 4.45. The number of carbonyl (C=O) groups is 1. The van der Waals surface area contributed by atoms with Crippen LogP contribution in [0.1, 0.15) is 40.5 Å². The molecule has 94 valence electrons. The molecule has 0 bridgehead atoms. The molecule has 2 unspecified atom stereocenters. The summed E-state index contributed by atoms with van der Waals surface area (Å²) in [6, 6.07) is 0. The quantitative estimate of drug-likeness (QED) is 0.698. The zero-order chi connectivity index (χ0) is 12.2. The van der Waals surface area contributed by atoms with Crippen LogP contribution < -0.4 is 5.32 Å². The van der Waals surface area contributed by atoms with Gasteiger partial charge < -0.3 is 9.64 Å². The fraction of sp³-hybridized carbons (Fsp3) is 0.917. The summed E-state index contributed by atoms with van der Waals surface area (Å²) in [4.78, 5) is 14.1. The third kappa shape index (κ3) is 2.55. The van der Waals surface area contributed by atoms with Gasteiger partial charge in [-0.1, -0.05) is 13.8 Å². The van der Waals surface area contributed by atoms with Crippen LogP contribution in [0.3, 0.4) is 0 Å². The molecule has 16 heavy (non-hydrogen) atoms. The Balaban J connectivity index is 2.63. The average molecular weight is 228 g/mol. The Morgan fingerprint density at radius 3 is 2.62 bits per heavy atom. The van der Waals surface area contributed by atoms with Crippen molar-refractivity contribution in [3.63, 3.8) is 0 Å². The minimum atomic E-state index is -0.382. The molecule has 0 aromatic heterocycles. The van der Waals surface area contributed by atoms with Gasteiger partial charge in [-0.25, -0.2) is 0 Å². The molecule has 0 radical (unpaired) electrons. The Hall–Kier alpha value is -0.610. The Labute approximate surface area is 98.3 Å². The smallest absolute Gasteiger partial charge is 0.243 e. The van der Waals surface area contributed by atoms with Crippen LogP contribution in [0.25, 0.3) is 0 Å². The first-order valence-corrected chi connectivity index (χ1v) is 6.25. The number of nitrogens with zero attached hydrogens (tertiary/aromatic N) is 1. The lowest BCUT2D eigenvalue weighted by Gasteiger charge is -2.22. The number of rotatable bonds is 6. The Bertz CT molecular complexity index is 245. The van der Waals surface area contributed by atoms with Gasteiger partial charge in [0.2, 0.25) is 5.91 Å². The minimum absolute atomic E-state index is 0.165. The molecule has 1 fully saturated rings. The first-order chi connectivity index (χ1) is 7.59. The summed E-state index contributed by atoms with van der Waals surface area (Å²) in [5.41, 5.74) is -0.382. The number of ether oxygens (including phenoxy) is 1. The molecule has 2 atom stereocenters. The van der Waals surface area contributed by atoms with Gasteiger partial charge in [0.25, 0.3) is 0 Å². The van der Waals surface area contributed by atoms with Crippen molar-refractivity contribution in [3.05, 3.63) is 0 Å². The SMILES string of the molecule is CCOCCN1C(=O)C(C)(CC)NC1CC.